The molecule has 194 valence electrons. The molecule has 2 aliphatic heterocycles. The molecule has 0 bridgehead atoms. The van der Waals surface area contributed by atoms with Crippen LogP contribution in [-0.4, -0.2) is 51.2 Å². The van der Waals surface area contributed by atoms with Crippen molar-refractivity contribution < 1.29 is 13.2 Å². The third-order valence-electron chi connectivity index (χ3n) is 7.83. The van der Waals surface area contributed by atoms with Gasteiger partial charge in [-0.25, -0.2) is 8.42 Å². The van der Waals surface area contributed by atoms with Gasteiger partial charge in [-0.3, -0.25) is 4.79 Å². The first-order valence-electron chi connectivity index (χ1n) is 12.6. The Morgan fingerprint density at radius 3 is 2.38 bits per heavy atom. The Bertz CT molecular complexity index is 1390. The number of sulfone groups is 1. The molecule has 37 heavy (non-hydrogen) atoms. The fourth-order valence-corrected chi connectivity index (χ4v) is 8.25. The topological polar surface area (TPSA) is 66.5 Å². The zero-order valence-electron chi connectivity index (χ0n) is 20.5. The van der Waals surface area contributed by atoms with Gasteiger partial charge in [-0.2, -0.15) is 0 Å². The highest BCUT2D eigenvalue weighted by atomic mass is 35.5. The average Bonchev–Trinajstić information content (AvgIpc) is 3.13. The lowest BCUT2D eigenvalue weighted by Gasteiger charge is -2.39. The maximum atomic E-state index is 12.8. The molecule has 1 atom stereocenters. The number of nitrogens with one attached hydrogen (secondary N) is 1. The molecule has 0 radical (unpaired) electrons. The minimum Gasteiger partial charge on any atom is -0.351 e. The molecule has 3 aromatic rings. The van der Waals surface area contributed by atoms with Gasteiger partial charge >= 0.3 is 0 Å². The molecule has 3 aromatic carbocycles. The molecular formula is C29H30Cl2N2O3S. The Labute approximate surface area is 228 Å². The van der Waals surface area contributed by atoms with Gasteiger partial charge in [0.15, 0.2) is 9.84 Å². The predicted octanol–water partition coefficient (Wildman–Crippen LogP) is 5.72. The maximum Gasteiger partial charge on any atom is 0.251 e. The van der Waals surface area contributed by atoms with Crippen LogP contribution in [0.4, 0.5) is 0 Å². The number of halogens is 2. The Hall–Kier alpha value is -2.38. The Morgan fingerprint density at radius 1 is 0.946 bits per heavy atom. The molecule has 0 aromatic heterocycles. The fourth-order valence-electron chi connectivity index (χ4n) is 5.71. The SMILES string of the molecule is O=C(NC[C@@H](CCN1CCC2(CC1)CS(=O)(=O)c1ccccc12)c1ccc(Cl)c(Cl)c1)c1ccccc1. The second-order valence-electron chi connectivity index (χ2n) is 10.1. The molecule has 1 amide bonds. The van der Waals surface area contributed by atoms with Crippen LogP contribution < -0.4 is 5.32 Å². The summed E-state index contributed by atoms with van der Waals surface area (Å²) in [7, 11) is -3.22. The third-order valence-corrected chi connectivity index (χ3v) is 10.5. The number of hydrogen-bond acceptors (Lipinski definition) is 4. The van der Waals surface area contributed by atoms with Crippen LogP contribution >= 0.6 is 23.2 Å². The van der Waals surface area contributed by atoms with Gasteiger partial charge in [-0.1, -0.05) is 65.7 Å². The fraction of sp³-hybridized carbons (Fsp3) is 0.345. The molecule has 0 unspecified atom stereocenters. The number of fused-ring (bicyclic) bond motifs is 2. The maximum absolute atomic E-state index is 12.8. The number of amides is 1. The van der Waals surface area contributed by atoms with Gasteiger partial charge in [0.1, 0.15) is 0 Å². The van der Waals surface area contributed by atoms with Gasteiger partial charge in [-0.15, -0.1) is 0 Å². The van der Waals surface area contributed by atoms with E-state index in [0.29, 0.717) is 27.0 Å². The smallest absolute Gasteiger partial charge is 0.251 e. The summed E-state index contributed by atoms with van der Waals surface area (Å²) in [5.74, 6) is 0.169. The van der Waals surface area contributed by atoms with Gasteiger partial charge in [-0.05, 0) is 80.4 Å². The molecule has 8 heteroatoms. The van der Waals surface area contributed by atoms with Crippen LogP contribution in [0.5, 0.6) is 0 Å². The first kappa shape index (κ1) is 26.2. The standard InChI is InChI=1S/C29H30Cl2N2O3S/c30-25-11-10-22(18-26(25)31)23(19-32-28(34)21-6-2-1-3-7-21)12-15-33-16-13-29(14-17-33)20-37(35,36)27-9-5-4-8-24(27)29/h1-11,18,23H,12-17,19-20H2,(H,32,34)/t23-/m1/s1. The molecule has 2 aliphatic rings. The number of piperidine rings is 1. The van der Waals surface area contributed by atoms with Crippen molar-refractivity contribution in [3.63, 3.8) is 0 Å². The summed E-state index contributed by atoms with van der Waals surface area (Å²) in [5.41, 5.74) is 2.38. The van der Waals surface area contributed by atoms with Gasteiger partial charge in [0.25, 0.3) is 5.91 Å². The lowest BCUT2D eigenvalue weighted by Crippen LogP contribution is -2.44. The summed E-state index contributed by atoms with van der Waals surface area (Å²) in [6.45, 7) is 3.01. The van der Waals surface area contributed by atoms with E-state index in [0.717, 1.165) is 50.0 Å². The predicted molar refractivity (Wildman–Crippen MR) is 148 cm³/mol. The van der Waals surface area contributed by atoms with Gasteiger partial charge in [0.2, 0.25) is 0 Å². The summed E-state index contributed by atoms with van der Waals surface area (Å²) in [6.07, 6.45) is 2.48. The van der Waals surface area contributed by atoms with E-state index in [1.54, 1.807) is 24.3 Å². The largest absolute Gasteiger partial charge is 0.351 e. The summed E-state index contributed by atoms with van der Waals surface area (Å²) < 4.78 is 25.6. The van der Waals surface area contributed by atoms with Crippen molar-refractivity contribution >= 4 is 38.9 Å². The van der Waals surface area contributed by atoms with Crippen molar-refractivity contribution in [1.29, 1.82) is 0 Å². The van der Waals surface area contributed by atoms with Gasteiger partial charge in [0.05, 0.1) is 20.7 Å². The van der Waals surface area contributed by atoms with Crippen LogP contribution in [0.3, 0.4) is 0 Å². The first-order chi connectivity index (χ1) is 17.8. The van der Waals surface area contributed by atoms with Crippen molar-refractivity contribution in [1.82, 2.24) is 10.2 Å². The van der Waals surface area contributed by atoms with Gasteiger partial charge in [0, 0.05) is 23.4 Å². The quantitative estimate of drug-likeness (QED) is 0.404. The minimum atomic E-state index is -3.22. The summed E-state index contributed by atoms with van der Waals surface area (Å²) >= 11 is 12.5. The van der Waals surface area contributed by atoms with E-state index in [4.69, 9.17) is 23.2 Å². The van der Waals surface area contributed by atoms with Gasteiger partial charge < -0.3 is 10.2 Å². The number of benzene rings is 3. The molecule has 1 saturated heterocycles. The van der Waals surface area contributed by atoms with Crippen LogP contribution in [0.15, 0.2) is 77.7 Å². The Kier molecular flexibility index (Phi) is 7.64. The molecule has 1 N–H and O–H groups in total. The van der Waals surface area contributed by atoms with E-state index in [-0.39, 0.29) is 23.0 Å². The van der Waals surface area contributed by atoms with Crippen LogP contribution in [0.1, 0.15) is 46.7 Å². The lowest BCUT2D eigenvalue weighted by atomic mass is 9.74. The van der Waals surface area contributed by atoms with Crippen molar-refractivity contribution in [2.75, 3.05) is 31.9 Å². The normalized spacial score (nSPS) is 18.9. The molecule has 1 fully saturated rings. The molecule has 5 rings (SSSR count). The van der Waals surface area contributed by atoms with Crippen molar-refractivity contribution in [2.45, 2.75) is 35.5 Å². The van der Waals surface area contributed by atoms with Crippen LogP contribution in [-0.2, 0) is 15.3 Å². The second-order valence-corrected chi connectivity index (χ2v) is 12.9. The van der Waals surface area contributed by atoms with Crippen molar-refractivity contribution in [2.24, 2.45) is 0 Å². The van der Waals surface area contributed by atoms with E-state index in [2.05, 4.69) is 10.2 Å². The van der Waals surface area contributed by atoms with E-state index >= 15 is 0 Å². The van der Waals surface area contributed by atoms with Crippen LogP contribution in [0.2, 0.25) is 10.0 Å². The van der Waals surface area contributed by atoms with Crippen LogP contribution in [0.25, 0.3) is 0 Å². The second kappa shape index (κ2) is 10.8. The number of nitrogens with zero attached hydrogens (tertiary/aromatic N) is 1. The summed E-state index contributed by atoms with van der Waals surface area (Å²) in [4.78, 5) is 15.6. The van der Waals surface area contributed by atoms with E-state index in [1.807, 2.05) is 48.5 Å². The third kappa shape index (κ3) is 5.58. The number of rotatable bonds is 7. The Morgan fingerprint density at radius 2 is 1.65 bits per heavy atom. The number of likely N-dealkylation sites (tertiary alicyclic amines) is 1. The summed E-state index contributed by atoms with van der Waals surface area (Å²) in [5, 5.41) is 4.08. The highest BCUT2D eigenvalue weighted by molar-refractivity contribution is 7.91. The molecule has 5 nitrogen and oxygen atoms in total. The highest BCUT2D eigenvalue weighted by Crippen LogP contribution is 2.46. The van der Waals surface area contributed by atoms with Crippen molar-refractivity contribution in [3.8, 4) is 0 Å². The molecule has 0 saturated carbocycles. The summed E-state index contributed by atoms with van der Waals surface area (Å²) in [6, 6.07) is 22.3. The zero-order chi connectivity index (χ0) is 26.0. The monoisotopic (exact) mass is 556 g/mol. The van der Waals surface area contributed by atoms with E-state index in [1.165, 1.54) is 0 Å². The van der Waals surface area contributed by atoms with E-state index < -0.39 is 9.84 Å². The van der Waals surface area contributed by atoms with E-state index in [9.17, 15) is 13.2 Å². The number of carbonyl (C=O) groups is 1. The number of carbonyl (C=O) groups excluding carboxylic acids is 1. The number of hydrogen-bond donors (Lipinski definition) is 1. The lowest BCUT2D eigenvalue weighted by molar-refractivity contribution is 0.0949. The minimum absolute atomic E-state index is 0.0610. The molecule has 2 heterocycles. The Balaban J connectivity index is 1.25. The highest BCUT2D eigenvalue weighted by Gasteiger charge is 2.48. The molecular weight excluding hydrogens is 527 g/mol. The zero-order valence-corrected chi connectivity index (χ0v) is 22.8. The van der Waals surface area contributed by atoms with Crippen LogP contribution in [0, 0.1) is 0 Å². The average molecular weight is 558 g/mol. The molecule has 1 spiro atoms. The first-order valence-corrected chi connectivity index (χ1v) is 15.0. The molecule has 0 aliphatic carbocycles. The van der Waals surface area contributed by atoms with Crippen molar-refractivity contribution in [3.05, 3.63) is 99.5 Å².